The molecule has 1 fully saturated rings. The fourth-order valence-electron chi connectivity index (χ4n) is 1.84. The maximum Gasteiger partial charge on any atom is 0.407 e. The Labute approximate surface area is 100.0 Å². The maximum absolute atomic E-state index is 11.4. The lowest BCUT2D eigenvalue weighted by Crippen LogP contribution is -2.27. The molecule has 4 heteroatoms. The highest BCUT2D eigenvalue weighted by molar-refractivity contribution is 5.81. The number of hydrogen-bond acceptors (Lipinski definition) is 3. The predicted octanol–water partition coefficient (Wildman–Crippen LogP) is 2.03. The zero-order valence-corrected chi connectivity index (χ0v) is 9.52. The number of Topliss-reactive ketones (excluding diaryl/α,β-unsaturated/α-hetero) is 1. The number of benzene rings is 1. The summed E-state index contributed by atoms with van der Waals surface area (Å²) in [6.45, 7) is 0.445. The van der Waals surface area contributed by atoms with E-state index in [0.717, 1.165) is 5.56 Å². The number of hydrogen-bond donors (Lipinski definition) is 1. The molecule has 0 aliphatic heterocycles. The highest BCUT2D eigenvalue weighted by atomic mass is 16.6. The van der Waals surface area contributed by atoms with Crippen molar-refractivity contribution in [3.05, 3.63) is 35.9 Å². The molecule has 1 aliphatic carbocycles. The smallest absolute Gasteiger partial charge is 0.407 e. The molecule has 1 atom stereocenters. The first-order valence-corrected chi connectivity index (χ1v) is 5.74. The van der Waals surface area contributed by atoms with E-state index in [-0.39, 0.29) is 11.9 Å². The van der Waals surface area contributed by atoms with Crippen LogP contribution < -0.4 is 5.32 Å². The molecule has 0 aromatic heterocycles. The average Bonchev–Trinajstić information content (AvgIpc) is 2.73. The van der Waals surface area contributed by atoms with Crippen molar-refractivity contribution in [3.63, 3.8) is 0 Å². The van der Waals surface area contributed by atoms with E-state index in [1.165, 1.54) is 0 Å². The average molecular weight is 233 g/mol. The van der Waals surface area contributed by atoms with Gasteiger partial charge in [0.25, 0.3) is 0 Å². The van der Waals surface area contributed by atoms with Gasteiger partial charge in [-0.15, -0.1) is 0 Å². The lowest BCUT2D eigenvalue weighted by Gasteiger charge is -2.11. The number of nitrogens with one attached hydrogen (secondary N) is 1. The van der Waals surface area contributed by atoms with Crippen LogP contribution in [0.5, 0.6) is 0 Å². The van der Waals surface area contributed by atoms with Crippen molar-refractivity contribution in [3.8, 4) is 0 Å². The molecular formula is C13H15NO3. The summed E-state index contributed by atoms with van der Waals surface area (Å²) in [6.07, 6.45) is 0.847. The monoisotopic (exact) mass is 233 g/mol. The third-order valence-electron chi connectivity index (χ3n) is 2.75. The van der Waals surface area contributed by atoms with E-state index < -0.39 is 6.09 Å². The zero-order valence-electron chi connectivity index (χ0n) is 9.52. The lowest BCUT2D eigenvalue weighted by atomic mass is 10.2. The Morgan fingerprint density at radius 3 is 2.76 bits per heavy atom. The van der Waals surface area contributed by atoms with Gasteiger partial charge in [-0.2, -0.15) is 0 Å². The van der Waals surface area contributed by atoms with Crippen LogP contribution in [-0.2, 0) is 16.1 Å². The number of amides is 1. The van der Waals surface area contributed by atoms with Crippen molar-refractivity contribution in [2.24, 2.45) is 0 Å². The third-order valence-corrected chi connectivity index (χ3v) is 2.75. The topological polar surface area (TPSA) is 55.4 Å². The summed E-state index contributed by atoms with van der Waals surface area (Å²) in [5, 5.41) is 2.67. The predicted molar refractivity (Wildman–Crippen MR) is 62.4 cm³/mol. The van der Waals surface area contributed by atoms with Crippen molar-refractivity contribution in [2.75, 3.05) is 0 Å². The number of carbonyl (C=O) groups is 2. The van der Waals surface area contributed by atoms with Crippen LogP contribution in [0.15, 0.2) is 30.3 Å². The van der Waals surface area contributed by atoms with Crippen LogP contribution in [0.3, 0.4) is 0 Å². The standard InChI is InChI=1S/C13H15NO3/c15-11-6-7-12(8-11)17-13(16)14-9-10-4-2-1-3-5-10/h1-5,12H,6-9H2,(H,14,16). The minimum Gasteiger partial charge on any atom is -0.446 e. The molecule has 0 spiro atoms. The maximum atomic E-state index is 11.4. The van der Waals surface area contributed by atoms with Crippen molar-refractivity contribution < 1.29 is 14.3 Å². The van der Waals surface area contributed by atoms with Crippen LogP contribution in [-0.4, -0.2) is 18.0 Å². The molecule has 2 rings (SSSR count). The number of ether oxygens (including phenoxy) is 1. The van der Waals surface area contributed by atoms with E-state index in [1.807, 2.05) is 30.3 Å². The Balaban J connectivity index is 1.73. The Hall–Kier alpha value is -1.84. The number of rotatable bonds is 3. The van der Waals surface area contributed by atoms with Gasteiger partial charge < -0.3 is 10.1 Å². The molecule has 1 aromatic carbocycles. The van der Waals surface area contributed by atoms with E-state index in [9.17, 15) is 9.59 Å². The summed E-state index contributed by atoms with van der Waals surface area (Å²) in [5.74, 6) is 0.172. The van der Waals surface area contributed by atoms with Crippen LogP contribution in [0.4, 0.5) is 4.79 Å². The second-order valence-corrected chi connectivity index (χ2v) is 4.15. The zero-order chi connectivity index (χ0) is 12.1. The fraction of sp³-hybridized carbons (Fsp3) is 0.385. The molecule has 1 unspecified atom stereocenters. The minimum absolute atomic E-state index is 0.172. The quantitative estimate of drug-likeness (QED) is 0.869. The summed E-state index contributed by atoms with van der Waals surface area (Å²) in [7, 11) is 0. The van der Waals surface area contributed by atoms with Crippen LogP contribution >= 0.6 is 0 Å². The van der Waals surface area contributed by atoms with E-state index in [1.54, 1.807) is 0 Å². The van der Waals surface area contributed by atoms with Crippen molar-refractivity contribution in [2.45, 2.75) is 31.9 Å². The van der Waals surface area contributed by atoms with Gasteiger partial charge in [0.1, 0.15) is 11.9 Å². The number of carbonyl (C=O) groups excluding carboxylic acids is 2. The van der Waals surface area contributed by atoms with Gasteiger partial charge in [0.15, 0.2) is 0 Å². The fourth-order valence-corrected chi connectivity index (χ4v) is 1.84. The molecule has 1 aromatic rings. The van der Waals surface area contributed by atoms with Crippen LogP contribution in [0.2, 0.25) is 0 Å². The second-order valence-electron chi connectivity index (χ2n) is 4.15. The van der Waals surface area contributed by atoms with E-state index >= 15 is 0 Å². The van der Waals surface area contributed by atoms with E-state index in [4.69, 9.17) is 4.74 Å². The van der Waals surface area contributed by atoms with Crippen molar-refractivity contribution in [1.82, 2.24) is 5.32 Å². The Kier molecular flexibility index (Phi) is 3.75. The molecule has 4 nitrogen and oxygen atoms in total. The van der Waals surface area contributed by atoms with E-state index in [0.29, 0.717) is 25.8 Å². The first-order chi connectivity index (χ1) is 8.24. The van der Waals surface area contributed by atoms with Gasteiger partial charge in [0.2, 0.25) is 0 Å². The summed E-state index contributed by atoms with van der Waals surface area (Å²) in [6, 6.07) is 9.61. The molecule has 1 aliphatic rings. The van der Waals surface area contributed by atoms with Crippen molar-refractivity contribution >= 4 is 11.9 Å². The lowest BCUT2D eigenvalue weighted by molar-refractivity contribution is -0.117. The van der Waals surface area contributed by atoms with Gasteiger partial charge in [-0.1, -0.05) is 30.3 Å². The normalized spacial score (nSPS) is 19.1. The van der Waals surface area contributed by atoms with E-state index in [2.05, 4.69) is 5.32 Å². The Morgan fingerprint density at radius 1 is 1.35 bits per heavy atom. The first kappa shape index (κ1) is 11.6. The van der Waals surface area contributed by atoms with Gasteiger partial charge in [-0.25, -0.2) is 4.79 Å². The third kappa shape index (κ3) is 3.59. The van der Waals surface area contributed by atoms with Gasteiger partial charge in [-0.3, -0.25) is 4.79 Å². The minimum atomic E-state index is -0.450. The van der Waals surface area contributed by atoms with Crippen molar-refractivity contribution in [1.29, 1.82) is 0 Å². The number of alkyl carbamates (subject to hydrolysis) is 1. The molecule has 90 valence electrons. The van der Waals surface area contributed by atoms with Gasteiger partial charge >= 0.3 is 6.09 Å². The second kappa shape index (κ2) is 5.48. The molecular weight excluding hydrogens is 218 g/mol. The Morgan fingerprint density at radius 2 is 2.12 bits per heavy atom. The SMILES string of the molecule is O=C1CCC(OC(=O)NCc2ccccc2)C1. The van der Waals surface area contributed by atoms with Crippen LogP contribution in [0.25, 0.3) is 0 Å². The van der Waals surface area contributed by atoms with Gasteiger partial charge in [0.05, 0.1) is 0 Å². The first-order valence-electron chi connectivity index (χ1n) is 5.74. The van der Waals surface area contributed by atoms with Crippen LogP contribution in [0.1, 0.15) is 24.8 Å². The molecule has 0 saturated heterocycles. The molecule has 1 N–H and O–H groups in total. The highest BCUT2D eigenvalue weighted by Crippen LogP contribution is 2.17. The van der Waals surface area contributed by atoms with Gasteiger partial charge in [0, 0.05) is 19.4 Å². The summed E-state index contributed by atoms with van der Waals surface area (Å²) >= 11 is 0. The largest absolute Gasteiger partial charge is 0.446 e. The molecule has 0 heterocycles. The molecule has 0 radical (unpaired) electrons. The number of ketones is 1. The summed E-state index contributed by atoms with van der Waals surface area (Å²) < 4.78 is 5.13. The summed E-state index contributed by atoms with van der Waals surface area (Å²) in [4.78, 5) is 22.4. The van der Waals surface area contributed by atoms with Gasteiger partial charge in [-0.05, 0) is 12.0 Å². The summed E-state index contributed by atoms with van der Waals surface area (Å²) in [5.41, 5.74) is 1.02. The molecule has 1 saturated carbocycles. The molecule has 0 bridgehead atoms. The van der Waals surface area contributed by atoms with Crippen LogP contribution in [0, 0.1) is 0 Å². The highest BCUT2D eigenvalue weighted by Gasteiger charge is 2.25. The Bertz CT molecular complexity index is 402. The molecule has 17 heavy (non-hydrogen) atoms. The molecule has 1 amide bonds.